The number of hydrogen-bond donors (Lipinski definition) is 0. The third kappa shape index (κ3) is 5.68. The van der Waals surface area contributed by atoms with Gasteiger partial charge in [0.2, 0.25) is 5.91 Å². The summed E-state index contributed by atoms with van der Waals surface area (Å²) in [4.78, 5) is 38.7. The summed E-state index contributed by atoms with van der Waals surface area (Å²) < 4.78 is 5.16. The quantitative estimate of drug-likeness (QED) is 0.617. The fraction of sp³-hybridized carbons (Fsp3) is 0.227. The van der Waals surface area contributed by atoms with Crippen molar-refractivity contribution in [3.8, 4) is 6.07 Å². The molecule has 0 N–H and O–H groups in total. The summed E-state index contributed by atoms with van der Waals surface area (Å²) in [6, 6.07) is 17.3. The SMILES string of the molecule is N#CCCN(C(=O)COC(=O)C1=NN(c2ccccc2)C(=O)CC1)c1cccc(Cl)c1. The number of nitrogens with zero attached hydrogens (tertiary/aromatic N) is 4. The average Bonchev–Trinajstić information content (AvgIpc) is 2.78. The van der Waals surface area contributed by atoms with E-state index < -0.39 is 18.5 Å². The van der Waals surface area contributed by atoms with Gasteiger partial charge in [0.25, 0.3) is 5.91 Å². The monoisotopic (exact) mass is 438 g/mol. The van der Waals surface area contributed by atoms with Crippen LogP contribution in [0.1, 0.15) is 19.3 Å². The standard InChI is InChI=1S/C22H19ClN4O4/c23-16-6-4-9-18(14-16)26(13-5-12-24)21(29)15-31-22(30)19-10-11-20(28)27(25-19)17-7-2-1-3-8-17/h1-4,6-9,14H,5,10-11,13,15H2. The molecule has 8 nitrogen and oxygen atoms in total. The second kappa shape index (κ2) is 10.4. The van der Waals surface area contributed by atoms with E-state index in [9.17, 15) is 14.4 Å². The molecule has 0 saturated heterocycles. The van der Waals surface area contributed by atoms with Crippen LogP contribution in [0.4, 0.5) is 11.4 Å². The molecule has 2 aromatic rings. The zero-order valence-electron chi connectivity index (χ0n) is 16.5. The van der Waals surface area contributed by atoms with Crippen molar-refractivity contribution < 1.29 is 19.1 Å². The van der Waals surface area contributed by atoms with E-state index in [0.717, 1.165) is 5.01 Å². The minimum atomic E-state index is -0.770. The van der Waals surface area contributed by atoms with Crippen LogP contribution in [-0.2, 0) is 19.1 Å². The van der Waals surface area contributed by atoms with E-state index in [2.05, 4.69) is 5.10 Å². The van der Waals surface area contributed by atoms with E-state index in [1.54, 1.807) is 54.6 Å². The molecule has 0 fully saturated rings. The number of rotatable bonds is 7. The fourth-order valence-electron chi connectivity index (χ4n) is 2.96. The van der Waals surface area contributed by atoms with Crippen LogP contribution >= 0.6 is 11.6 Å². The molecule has 3 rings (SSSR count). The summed E-state index contributed by atoms with van der Waals surface area (Å²) in [6.45, 7) is -0.403. The van der Waals surface area contributed by atoms with Gasteiger partial charge in [0.15, 0.2) is 6.61 Å². The number of halogens is 1. The lowest BCUT2D eigenvalue weighted by Crippen LogP contribution is -2.38. The molecule has 1 heterocycles. The zero-order chi connectivity index (χ0) is 22.2. The molecule has 0 spiro atoms. The molecule has 1 aliphatic rings. The second-order valence-corrected chi connectivity index (χ2v) is 7.03. The van der Waals surface area contributed by atoms with Gasteiger partial charge in [0, 0.05) is 30.1 Å². The van der Waals surface area contributed by atoms with Crippen molar-refractivity contribution in [2.75, 3.05) is 23.1 Å². The first-order valence-electron chi connectivity index (χ1n) is 9.55. The van der Waals surface area contributed by atoms with Gasteiger partial charge in [0.1, 0.15) is 5.71 Å². The van der Waals surface area contributed by atoms with Crippen molar-refractivity contribution in [3.05, 3.63) is 59.6 Å². The largest absolute Gasteiger partial charge is 0.451 e. The van der Waals surface area contributed by atoms with Crippen LogP contribution in [0.3, 0.4) is 0 Å². The normalized spacial score (nSPS) is 13.2. The molecule has 0 saturated carbocycles. The lowest BCUT2D eigenvalue weighted by atomic mass is 10.1. The average molecular weight is 439 g/mol. The van der Waals surface area contributed by atoms with E-state index >= 15 is 0 Å². The number of carbonyl (C=O) groups excluding carboxylic acids is 3. The topological polar surface area (TPSA) is 103 Å². The van der Waals surface area contributed by atoms with Gasteiger partial charge in [-0.25, -0.2) is 9.80 Å². The molecule has 9 heteroatoms. The Morgan fingerprint density at radius 3 is 2.65 bits per heavy atom. The zero-order valence-corrected chi connectivity index (χ0v) is 17.3. The highest BCUT2D eigenvalue weighted by Gasteiger charge is 2.27. The fourth-order valence-corrected chi connectivity index (χ4v) is 3.15. The number of amides is 2. The lowest BCUT2D eigenvalue weighted by molar-refractivity contribution is -0.141. The van der Waals surface area contributed by atoms with Crippen molar-refractivity contribution in [2.45, 2.75) is 19.3 Å². The van der Waals surface area contributed by atoms with E-state index in [4.69, 9.17) is 21.6 Å². The highest BCUT2D eigenvalue weighted by molar-refractivity contribution is 6.38. The highest BCUT2D eigenvalue weighted by Crippen LogP contribution is 2.21. The summed E-state index contributed by atoms with van der Waals surface area (Å²) in [7, 11) is 0. The number of hydrazone groups is 1. The lowest BCUT2D eigenvalue weighted by Gasteiger charge is -2.24. The summed E-state index contributed by atoms with van der Waals surface area (Å²) in [5, 5.41) is 14.6. The van der Waals surface area contributed by atoms with Crippen molar-refractivity contribution in [1.82, 2.24) is 0 Å². The van der Waals surface area contributed by atoms with Crippen LogP contribution in [0.25, 0.3) is 0 Å². The second-order valence-electron chi connectivity index (χ2n) is 6.60. The maximum Gasteiger partial charge on any atom is 0.355 e. The van der Waals surface area contributed by atoms with Gasteiger partial charge < -0.3 is 9.64 Å². The number of para-hydroxylation sites is 1. The number of hydrogen-bond acceptors (Lipinski definition) is 6. The number of anilines is 2. The number of nitriles is 1. The Morgan fingerprint density at radius 2 is 1.94 bits per heavy atom. The summed E-state index contributed by atoms with van der Waals surface area (Å²) >= 11 is 6.00. The van der Waals surface area contributed by atoms with Gasteiger partial charge in [-0.1, -0.05) is 35.9 Å². The molecule has 2 aromatic carbocycles. The van der Waals surface area contributed by atoms with Crippen LogP contribution < -0.4 is 9.91 Å². The van der Waals surface area contributed by atoms with E-state index in [-0.39, 0.29) is 37.4 Å². The van der Waals surface area contributed by atoms with Crippen LogP contribution in [0.15, 0.2) is 59.7 Å². The molecule has 0 aromatic heterocycles. The Hall–Kier alpha value is -3.70. The van der Waals surface area contributed by atoms with Crippen LogP contribution in [0.5, 0.6) is 0 Å². The van der Waals surface area contributed by atoms with Crippen LogP contribution in [-0.4, -0.2) is 36.6 Å². The summed E-state index contributed by atoms with van der Waals surface area (Å²) in [5.74, 6) is -1.51. The van der Waals surface area contributed by atoms with Gasteiger partial charge in [0.05, 0.1) is 18.2 Å². The van der Waals surface area contributed by atoms with E-state index in [1.165, 1.54) is 4.90 Å². The predicted octanol–water partition coefficient (Wildman–Crippen LogP) is 3.31. The number of esters is 1. The summed E-state index contributed by atoms with van der Waals surface area (Å²) in [6.07, 6.45) is 0.336. The molecular weight excluding hydrogens is 420 g/mol. The van der Waals surface area contributed by atoms with Gasteiger partial charge >= 0.3 is 5.97 Å². The van der Waals surface area contributed by atoms with E-state index in [0.29, 0.717) is 16.4 Å². The van der Waals surface area contributed by atoms with Gasteiger partial charge in [-0.3, -0.25) is 9.59 Å². The third-order valence-corrected chi connectivity index (χ3v) is 4.70. The Kier molecular flexibility index (Phi) is 7.35. The molecule has 0 atom stereocenters. The Labute approximate surface area is 184 Å². The molecule has 2 amide bonds. The van der Waals surface area contributed by atoms with E-state index in [1.807, 2.05) is 6.07 Å². The molecule has 31 heavy (non-hydrogen) atoms. The molecule has 0 bridgehead atoms. The van der Waals surface area contributed by atoms with Gasteiger partial charge in [-0.15, -0.1) is 0 Å². The van der Waals surface area contributed by atoms with Crippen molar-refractivity contribution in [3.63, 3.8) is 0 Å². The summed E-state index contributed by atoms with van der Waals surface area (Å²) in [5.41, 5.74) is 1.10. The Bertz CT molecular complexity index is 1050. The maximum absolute atomic E-state index is 12.7. The minimum absolute atomic E-state index is 0.0579. The Morgan fingerprint density at radius 1 is 1.16 bits per heavy atom. The highest BCUT2D eigenvalue weighted by atomic mass is 35.5. The molecule has 1 aliphatic heterocycles. The van der Waals surface area contributed by atoms with Crippen molar-refractivity contribution in [2.24, 2.45) is 5.10 Å². The van der Waals surface area contributed by atoms with Crippen molar-refractivity contribution >= 4 is 46.5 Å². The molecule has 158 valence electrons. The first-order valence-corrected chi connectivity index (χ1v) is 9.93. The number of carbonyl (C=O) groups is 3. The first kappa shape index (κ1) is 22.0. The number of ether oxygens (including phenoxy) is 1. The third-order valence-electron chi connectivity index (χ3n) is 4.46. The van der Waals surface area contributed by atoms with Gasteiger partial charge in [-0.05, 0) is 30.3 Å². The van der Waals surface area contributed by atoms with Gasteiger partial charge in [-0.2, -0.15) is 10.4 Å². The molecular formula is C22H19ClN4O4. The van der Waals surface area contributed by atoms with Crippen LogP contribution in [0, 0.1) is 11.3 Å². The van der Waals surface area contributed by atoms with Crippen LogP contribution in [0.2, 0.25) is 5.02 Å². The Balaban J connectivity index is 1.68. The predicted molar refractivity (Wildman–Crippen MR) is 116 cm³/mol. The number of benzene rings is 2. The first-order chi connectivity index (χ1) is 15.0. The van der Waals surface area contributed by atoms with Crippen molar-refractivity contribution in [1.29, 1.82) is 5.26 Å². The molecule has 0 radical (unpaired) electrons. The maximum atomic E-state index is 12.7. The minimum Gasteiger partial charge on any atom is -0.451 e. The smallest absolute Gasteiger partial charge is 0.355 e. The molecule has 0 aliphatic carbocycles. The molecule has 0 unspecified atom stereocenters.